The van der Waals surface area contributed by atoms with E-state index in [1.807, 2.05) is 164 Å². The number of hydrogen-bond acceptors (Lipinski definition) is 13. The van der Waals surface area contributed by atoms with Crippen molar-refractivity contribution in [3.8, 4) is 0 Å². The average molecular weight is 1280 g/mol. The van der Waals surface area contributed by atoms with Crippen molar-refractivity contribution >= 4 is 104 Å². The maximum absolute atomic E-state index is 14.2. The lowest BCUT2D eigenvalue weighted by atomic mass is 9.81. The van der Waals surface area contributed by atoms with Crippen molar-refractivity contribution in [2.75, 3.05) is 39.3 Å². The van der Waals surface area contributed by atoms with Gasteiger partial charge < -0.3 is 44.4 Å². The molecule has 0 spiro atoms. The molecule has 0 saturated carbocycles. The van der Waals surface area contributed by atoms with Crippen LogP contribution in [0.25, 0.3) is 0 Å². The fraction of sp³-hybridized carbons (Fsp3) is 0.469. The quantitative estimate of drug-likeness (QED) is 0.138. The van der Waals surface area contributed by atoms with Crippen LogP contribution in [-0.4, -0.2) is 127 Å². The third-order valence-corrected chi connectivity index (χ3v) is 18.4. The van der Waals surface area contributed by atoms with Gasteiger partial charge in [-0.1, -0.05) is 130 Å². The number of fused-ring (bicyclic) bond motifs is 2. The zero-order valence-corrected chi connectivity index (χ0v) is 55.5. The summed E-state index contributed by atoms with van der Waals surface area (Å²) in [5.74, 6) is -0.854. The first-order valence-corrected chi connectivity index (χ1v) is 31.9. The van der Waals surface area contributed by atoms with Gasteiger partial charge in [-0.2, -0.15) is 0 Å². The number of likely N-dealkylation sites (tertiary alicyclic amines) is 2. The van der Waals surface area contributed by atoms with Crippen molar-refractivity contribution in [3.63, 3.8) is 0 Å². The molecule has 6 aliphatic heterocycles. The number of carbonyl (C=O) groups is 4. The van der Waals surface area contributed by atoms with Gasteiger partial charge in [-0.15, -0.1) is 0 Å². The van der Waals surface area contributed by atoms with E-state index in [2.05, 4.69) is 49.7 Å². The Kier molecular flexibility index (Phi) is 20.2. The molecule has 456 valence electrons. The second kappa shape index (κ2) is 26.1. The summed E-state index contributed by atoms with van der Waals surface area (Å²) in [7, 11) is 0. The minimum atomic E-state index is -0.918. The Labute approximate surface area is 529 Å². The molecule has 4 atom stereocenters. The highest BCUT2D eigenvalue weighted by Crippen LogP contribution is 2.58. The van der Waals surface area contributed by atoms with Crippen molar-refractivity contribution in [3.05, 3.63) is 161 Å². The highest BCUT2D eigenvalue weighted by Gasteiger charge is 2.55. The number of rotatable bonds is 12. The number of amides is 3. The van der Waals surface area contributed by atoms with Crippen molar-refractivity contribution in [1.29, 1.82) is 0 Å². The summed E-state index contributed by atoms with van der Waals surface area (Å²) < 4.78 is 10.7. The Hall–Kier alpha value is -5.40. The standard InChI is InChI=1S/C32H38Cl2N4O3S.C22H20Cl2N2O2S.C10H20N2O2/c1-8-37(24-17-36(18-24)30(40)41-31(4,5)6)28(39)26-25(19(2)3)38-27(20-9-13-22(33)14-10-20)32(7,35-29(38)42-26)21-11-15-23(34)16-12-21;1-12(2)17-18(20(27)28)29-21-25-22(3,14-6-10-16(24)11-7-14)19(26(17)21)13-4-8-15(23)9-5-13;1-5-11-8-6-12(7-8)9(13)14-10(2,3)4/h9-16,19,24,27H,8,17-18H2,1-7H3;4-12,19H,1-3H3,(H,27,28);8,11H,5-7H2,1-4H3/t27-,32+;19-,22+;/m11./s1. The van der Waals surface area contributed by atoms with Crippen LogP contribution in [0, 0.1) is 11.8 Å². The third kappa shape index (κ3) is 14.3. The van der Waals surface area contributed by atoms with Crippen LogP contribution in [-0.2, 0) is 30.1 Å². The molecule has 0 aliphatic carbocycles. The molecule has 2 saturated heterocycles. The van der Waals surface area contributed by atoms with Gasteiger partial charge in [0.25, 0.3) is 5.91 Å². The summed E-state index contributed by atoms with van der Waals surface area (Å²) in [4.78, 5) is 71.1. The number of aliphatic imine (C=N–C) groups is 2. The van der Waals surface area contributed by atoms with E-state index >= 15 is 0 Å². The molecule has 10 rings (SSSR count). The Morgan fingerprint density at radius 3 is 1.31 bits per heavy atom. The van der Waals surface area contributed by atoms with E-state index in [9.17, 15) is 24.3 Å². The Morgan fingerprint density at radius 1 is 0.612 bits per heavy atom. The monoisotopic (exact) mass is 1270 g/mol. The highest BCUT2D eigenvalue weighted by molar-refractivity contribution is 8.18. The normalized spacial score (nSPS) is 22.0. The number of allylic oxidation sites excluding steroid dienone is 2. The number of ether oxygens (including phenoxy) is 2. The molecule has 4 aromatic carbocycles. The van der Waals surface area contributed by atoms with E-state index in [1.165, 1.54) is 23.5 Å². The maximum atomic E-state index is 14.2. The zero-order chi connectivity index (χ0) is 62.2. The Morgan fingerprint density at radius 2 is 0.965 bits per heavy atom. The number of carboxylic acid groups (broad SMARTS) is 1. The molecule has 0 bridgehead atoms. The van der Waals surface area contributed by atoms with Crippen LogP contribution in [0.4, 0.5) is 9.59 Å². The number of carbonyl (C=O) groups excluding carboxylic acids is 3. The average Bonchev–Trinajstić information content (AvgIpc) is 1.86. The van der Waals surface area contributed by atoms with Gasteiger partial charge in [-0.25, -0.2) is 24.4 Å². The number of carboxylic acids is 1. The number of aliphatic carboxylic acids is 1. The van der Waals surface area contributed by atoms with Crippen molar-refractivity contribution < 1.29 is 33.8 Å². The lowest BCUT2D eigenvalue weighted by Gasteiger charge is -2.45. The van der Waals surface area contributed by atoms with Crippen molar-refractivity contribution in [2.24, 2.45) is 21.8 Å². The van der Waals surface area contributed by atoms with E-state index in [0.29, 0.717) is 60.7 Å². The molecule has 2 fully saturated rings. The van der Waals surface area contributed by atoms with Crippen molar-refractivity contribution in [2.45, 2.75) is 143 Å². The van der Waals surface area contributed by atoms with Crippen LogP contribution in [0.3, 0.4) is 0 Å². The molecule has 85 heavy (non-hydrogen) atoms. The minimum Gasteiger partial charge on any atom is -0.477 e. The third-order valence-electron chi connectivity index (χ3n) is 15.3. The molecule has 0 aromatic heterocycles. The fourth-order valence-corrected chi connectivity index (χ4v) is 14.4. The van der Waals surface area contributed by atoms with Gasteiger partial charge in [-0.05, 0) is 175 Å². The van der Waals surface area contributed by atoms with E-state index < -0.39 is 22.6 Å². The van der Waals surface area contributed by atoms with Crippen molar-refractivity contribution in [1.82, 2.24) is 29.8 Å². The molecule has 6 aliphatic rings. The molecule has 15 nitrogen and oxygen atoms in total. The molecule has 6 heterocycles. The second-order valence-electron chi connectivity index (χ2n) is 24.8. The number of hydrogen-bond donors (Lipinski definition) is 2. The summed E-state index contributed by atoms with van der Waals surface area (Å²) >= 11 is 27.5. The summed E-state index contributed by atoms with van der Waals surface area (Å²) in [6, 6.07) is 31.1. The van der Waals surface area contributed by atoms with Gasteiger partial charge in [-0.3, -0.25) is 4.79 Å². The molecular weight excluding hydrogens is 1200 g/mol. The van der Waals surface area contributed by atoms with Crippen LogP contribution in [0.5, 0.6) is 0 Å². The highest BCUT2D eigenvalue weighted by atomic mass is 35.5. The van der Waals surface area contributed by atoms with Crippen LogP contribution in [0.1, 0.15) is 131 Å². The minimum absolute atomic E-state index is 0.0276. The molecule has 21 heteroatoms. The topological polar surface area (TPSA) is 160 Å². The molecule has 4 aromatic rings. The summed E-state index contributed by atoms with van der Waals surface area (Å²) in [6.45, 7) is 31.7. The number of thioether (sulfide) groups is 2. The molecule has 3 amide bonds. The first kappa shape index (κ1) is 65.6. The largest absolute Gasteiger partial charge is 0.477 e. The molecule has 0 radical (unpaired) electrons. The number of nitrogens with zero attached hydrogens (tertiary/aromatic N) is 7. The fourth-order valence-electron chi connectivity index (χ4n) is 11.3. The van der Waals surface area contributed by atoms with Gasteiger partial charge in [0.15, 0.2) is 10.3 Å². The van der Waals surface area contributed by atoms with Gasteiger partial charge in [0, 0.05) is 70.3 Å². The zero-order valence-electron chi connectivity index (χ0n) is 50.8. The number of amidine groups is 2. The summed E-state index contributed by atoms with van der Waals surface area (Å²) in [5.41, 5.74) is 3.71. The number of likely N-dealkylation sites (N-methyl/N-ethyl adjacent to an activating group) is 2. The van der Waals surface area contributed by atoms with Crippen LogP contribution in [0.15, 0.2) is 128 Å². The van der Waals surface area contributed by atoms with Crippen LogP contribution in [0.2, 0.25) is 20.1 Å². The van der Waals surface area contributed by atoms with E-state index in [1.54, 1.807) is 9.80 Å². The Balaban J connectivity index is 0.000000188. The SMILES string of the molecule is CC(C)C1=C(C(=O)O)SC2=N[C@@](C)(c3ccc(Cl)cc3)[C@@H](c3ccc(Cl)cc3)N21.CCN(C(=O)C1=C(C(C)C)N2C(=N[C@@](C)(c3ccc(Cl)cc3)[C@H]2c2ccc(Cl)cc2)S1)C1CN(C(=O)OC(C)(C)C)C1.CCNC1CN(C(=O)OC(C)(C)C)C1. The second-order valence-corrected chi connectivity index (χ2v) is 28.5. The maximum Gasteiger partial charge on any atom is 0.410 e. The van der Waals surface area contributed by atoms with E-state index in [4.69, 9.17) is 65.9 Å². The van der Waals surface area contributed by atoms with Crippen LogP contribution >= 0.6 is 69.9 Å². The summed E-state index contributed by atoms with van der Waals surface area (Å²) in [6.07, 6.45) is -0.548. The molecular formula is C64H78Cl4N8O7S2. The summed E-state index contributed by atoms with van der Waals surface area (Å²) in [5, 5.41) is 17.2. The van der Waals surface area contributed by atoms with E-state index in [0.717, 1.165) is 58.4 Å². The number of nitrogens with one attached hydrogen (secondary N) is 1. The lowest BCUT2D eigenvalue weighted by molar-refractivity contribution is -0.132. The first-order valence-electron chi connectivity index (χ1n) is 28.8. The van der Waals surface area contributed by atoms with Gasteiger partial charge in [0.05, 0.1) is 18.1 Å². The molecule has 2 N–H and O–H groups in total. The van der Waals surface area contributed by atoms with Gasteiger partial charge in [0.1, 0.15) is 32.1 Å². The first-order chi connectivity index (χ1) is 39.9. The predicted molar refractivity (Wildman–Crippen MR) is 345 cm³/mol. The Bertz CT molecular complexity index is 3260. The molecule has 0 unspecified atom stereocenters. The number of halogens is 4. The lowest BCUT2D eigenvalue weighted by Crippen LogP contribution is -2.63. The van der Waals surface area contributed by atoms with Crippen LogP contribution < -0.4 is 5.32 Å². The van der Waals surface area contributed by atoms with Gasteiger partial charge >= 0.3 is 18.2 Å². The van der Waals surface area contributed by atoms with E-state index in [-0.39, 0.29) is 53.7 Å². The number of benzene rings is 4. The predicted octanol–water partition coefficient (Wildman–Crippen LogP) is 15.2. The van der Waals surface area contributed by atoms with Gasteiger partial charge in [0.2, 0.25) is 0 Å². The smallest absolute Gasteiger partial charge is 0.410 e.